The first-order chi connectivity index (χ1) is 6.18. The summed E-state index contributed by atoms with van der Waals surface area (Å²) in [6.45, 7) is 0. The molecule has 0 N–H and O–H groups in total. The number of carbonyl (C=O) groups is 1. The fraction of sp³-hybridized carbons (Fsp3) is 0.300. The minimum absolute atomic E-state index is 0.0538. The Morgan fingerprint density at radius 2 is 2.15 bits per heavy atom. The van der Waals surface area contributed by atoms with Crippen molar-refractivity contribution in [2.75, 3.05) is 11.9 Å². The van der Waals surface area contributed by atoms with Gasteiger partial charge < -0.3 is 4.90 Å². The molecular formula is C10H10FNO. The van der Waals surface area contributed by atoms with Crippen LogP contribution >= 0.6 is 0 Å². The van der Waals surface area contributed by atoms with E-state index < -0.39 is 0 Å². The Labute approximate surface area is 76.0 Å². The lowest BCUT2D eigenvalue weighted by atomic mass is 10.0. The normalized spacial score (nSPS) is 15.8. The zero-order valence-electron chi connectivity index (χ0n) is 7.38. The van der Waals surface area contributed by atoms with Crippen LogP contribution in [-0.4, -0.2) is 13.0 Å². The quantitative estimate of drug-likeness (QED) is 0.594. The van der Waals surface area contributed by atoms with Gasteiger partial charge in [0, 0.05) is 19.2 Å². The maximum absolute atomic E-state index is 12.9. The summed E-state index contributed by atoms with van der Waals surface area (Å²) in [5.74, 6) is -0.238. The van der Waals surface area contributed by atoms with Crippen LogP contribution in [0.4, 0.5) is 10.1 Å². The van der Waals surface area contributed by atoms with E-state index in [0.717, 1.165) is 12.0 Å². The maximum atomic E-state index is 12.9. The summed E-state index contributed by atoms with van der Waals surface area (Å²) in [5.41, 5.74) is 1.75. The fourth-order valence-corrected chi connectivity index (χ4v) is 1.60. The van der Waals surface area contributed by atoms with Gasteiger partial charge in [-0.1, -0.05) is 6.07 Å². The van der Waals surface area contributed by atoms with Crippen LogP contribution < -0.4 is 4.90 Å². The van der Waals surface area contributed by atoms with Gasteiger partial charge in [-0.05, 0) is 24.1 Å². The van der Waals surface area contributed by atoms with Crippen LogP contribution in [0.3, 0.4) is 0 Å². The standard InChI is InChI=1S/C10H10FNO/c1-12-9-6-8(11)4-2-7(9)3-5-10(12)13/h2,4,6H,3,5H2,1H3. The number of hydrogen-bond donors (Lipinski definition) is 0. The van der Waals surface area contributed by atoms with Crippen LogP contribution in [0.1, 0.15) is 12.0 Å². The van der Waals surface area contributed by atoms with Gasteiger partial charge in [0.2, 0.25) is 5.91 Å². The zero-order valence-corrected chi connectivity index (χ0v) is 7.38. The smallest absolute Gasteiger partial charge is 0.227 e. The van der Waals surface area contributed by atoms with Gasteiger partial charge in [0.1, 0.15) is 5.82 Å². The number of fused-ring (bicyclic) bond motifs is 1. The average Bonchev–Trinajstić information content (AvgIpc) is 2.12. The number of benzene rings is 1. The summed E-state index contributed by atoms with van der Waals surface area (Å²) in [7, 11) is 1.68. The van der Waals surface area contributed by atoms with E-state index in [-0.39, 0.29) is 11.7 Å². The molecule has 1 aliphatic heterocycles. The number of nitrogens with zero attached hydrogens (tertiary/aromatic N) is 1. The summed E-state index contributed by atoms with van der Waals surface area (Å²) in [4.78, 5) is 12.8. The van der Waals surface area contributed by atoms with Crippen molar-refractivity contribution >= 4 is 11.6 Å². The lowest BCUT2D eigenvalue weighted by molar-refractivity contribution is -0.118. The highest BCUT2D eigenvalue weighted by Gasteiger charge is 2.20. The number of rotatable bonds is 0. The van der Waals surface area contributed by atoms with Gasteiger partial charge in [0.25, 0.3) is 0 Å². The van der Waals surface area contributed by atoms with E-state index in [2.05, 4.69) is 0 Å². The predicted octanol–water partition coefficient (Wildman–Crippen LogP) is 1.73. The molecule has 0 aromatic heterocycles. The Morgan fingerprint density at radius 1 is 1.38 bits per heavy atom. The molecular weight excluding hydrogens is 169 g/mol. The van der Waals surface area contributed by atoms with E-state index in [1.54, 1.807) is 13.1 Å². The first kappa shape index (κ1) is 8.23. The molecule has 13 heavy (non-hydrogen) atoms. The van der Waals surface area contributed by atoms with E-state index >= 15 is 0 Å². The molecule has 0 saturated heterocycles. The Bertz CT molecular complexity index is 362. The molecule has 1 heterocycles. The maximum Gasteiger partial charge on any atom is 0.227 e. The van der Waals surface area contributed by atoms with Crippen LogP contribution in [0.25, 0.3) is 0 Å². The van der Waals surface area contributed by atoms with Crippen molar-refractivity contribution in [2.24, 2.45) is 0 Å². The summed E-state index contributed by atoms with van der Waals surface area (Å²) < 4.78 is 12.9. The number of aryl methyl sites for hydroxylation is 1. The minimum Gasteiger partial charge on any atom is -0.315 e. The molecule has 0 aliphatic carbocycles. The number of carbonyl (C=O) groups excluding carboxylic acids is 1. The molecule has 68 valence electrons. The molecule has 0 bridgehead atoms. The van der Waals surface area contributed by atoms with Crippen LogP contribution in [0, 0.1) is 5.82 Å². The number of hydrogen-bond acceptors (Lipinski definition) is 1. The molecule has 0 unspecified atom stereocenters. The SMILES string of the molecule is CN1C(=O)CCc2ccc(F)cc21. The van der Waals surface area contributed by atoms with Gasteiger partial charge in [-0.15, -0.1) is 0 Å². The Hall–Kier alpha value is -1.38. The minimum atomic E-state index is -0.291. The van der Waals surface area contributed by atoms with Crippen LogP contribution in [0.2, 0.25) is 0 Å². The van der Waals surface area contributed by atoms with E-state index in [1.807, 2.05) is 0 Å². The third-order valence-corrected chi connectivity index (χ3v) is 2.39. The summed E-state index contributed by atoms with van der Waals surface area (Å²) in [6.07, 6.45) is 1.24. The fourth-order valence-electron chi connectivity index (χ4n) is 1.60. The largest absolute Gasteiger partial charge is 0.315 e. The predicted molar refractivity (Wildman–Crippen MR) is 48.1 cm³/mol. The molecule has 1 aromatic rings. The average molecular weight is 179 g/mol. The molecule has 0 atom stereocenters. The van der Waals surface area contributed by atoms with Crippen molar-refractivity contribution in [3.63, 3.8) is 0 Å². The van der Waals surface area contributed by atoms with Crippen LogP contribution in [0.15, 0.2) is 18.2 Å². The van der Waals surface area contributed by atoms with Gasteiger partial charge in [-0.25, -0.2) is 4.39 Å². The van der Waals surface area contributed by atoms with E-state index in [0.29, 0.717) is 12.1 Å². The molecule has 0 fully saturated rings. The summed E-state index contributed by atoms with van der Waals surface area (Å²) >= 11 is 0. The Balaban J connectivity index is 2.51. The van der Waals surface area contributed by atoms with Crippen molar-refractivity contribution in [1.29, 1.82) is 0 Å². The number of anilines is 1. The number of halogens is 1. The van der Waals surface area contributed by atoms with E-state index in [1.165, 1.54) is 17.0 Å². The third-order valence-electron chi connectivity index (χ3n) is 2.39. The first-order valence-corrected chi connectivity index (χ1v) is 4.23. The topological polar surface area (TPSA) is 20.3 Å². The summed E-state index contributed by atoms with van der Waals surface area (Å²) in [5, 5.41) is 0. The monoisotopic (exact) mass is 179 g/mol. The molecule has 0 spiro atoms. The van der Waals surface area contributed by atoms with E-state index in [9.17, 15) is 9.18 Å². The lowest BCUT2D eigenvalue weighted by Gasteiger charge is -2.25. The molecule has 2 rings (SSSR count). The van der Waals surface area contributed by atoms with E-state index in [4.69, 9.17) is 0 Å². The summed E-state index contributed by atoms with van der Waals surface area (Å²) in [6, 6.07) is 4.59. The van der Waals surface area contributed by atoms with Crippen molar-refractivity contribution in [3.05, 3.63) is 29.6 Å². The highest BCUT2D eigenvalue weighted by molar-refractivity contribution is 5.95. The van der Waals surface area contributed by atoms with Gasteiger partial charge in [0.05, 0.1) is 0 Å². The zero-order chi connectivity index (χ0) is 9.42. The molecule has 0 saturated carbocycles. The van der Waals surface area contributed by atoms with Crippen LogP contribution in [-0.2, 0) is 11.2 Å². The van der Waals surface area contributed by atoms with Crippen molar-refractivity contribution in [1.82, 2.24) is 0 Å². The highest BCUT2D eigenvalue weighted by Crippen LogP contribution is 2.26. The lowest BCUT2D eigenvalue weighted by Crippen LogP contribution is -2.31. The van der Waals surface area contributed by atoms with Crippen molar-refractivity contribution in [2.45, 2.75) is 12.8 Å². The third kappa shape index (κ3) is 1.30. The molecule has 3 heteroatoms. The van der Waals surface area contributed by atoms with Gasteiger partial charge in [-0.2, -0.15) is 0 Å². The molecule has 1 aromatic carbocycles. The highest BCUT2D eigenvalue weighted by atomic mass is 19.1. The second-order valence-corrected chi connectivity index (χ2v) is 3.23. The van der Waals surface area contributed by atoms with Crippen molar-refractivity contribution in [3.8, 4) is 0 Å². The molecule has 0 radical (unpaired) electrons. The first-order valence-electron chi connectivity index (χ1n) is 4.23. The second kappa shape index (κ2) is 2.83. The molecule has 2 nitrogen and oxygen atoms in total. The molecule has 1 aliphatic rings. The molecule has 1 amide bonds. The van der Waals surface area contributed by atoms with Gasteiger partial charge in [0.15, 0.2) is 0 Å². The van der Waals surface area contributed by atoms with Crippen molar-refractivity contribution < 1.29 is 9.18 Å². The Kier molecular flexibility index (Phi) is 1.79. The number of amides is 1. The van der Waals surface area contributed by atoms with Gasteiger partial charge >= 0.3 is 0 Å². The second-order valence-electron chi connectivity index (χ2n) is 3.23. The Morgan fingerprint density at radius 3 is 2.92 bits per heavy atom. The van der Waals surface area contributed by atoms with Crippen LogP contribution in [0.5, 0.6) is 0 Å². The van der Waals surface area contributed by atoms with Gasteiger partial charge in [-0.3, -0.25) is 4.79 Å².